The third-order valence-electron chi connectivity index (χ3n) is 5.84. The maximum Gasteiger partial charge on any atom is 0.305 e. The summed E-state index contributed by atoms with van der Waals surface area (Å²) in [6.45, 7) is 7.03. The molecule has 5 nitrogen and oxygen atoms in total. The normalized spacial score (nSPS) is 29.8. The summed E-state index contributed by atoms with van der Waals surface area (Å²) in [5, 5.41) is 11.7. The van der Waals surface area contributed by atoms with Crippen molar-refractivity contribution in [2.75, 3.05) is 0 Å². The number of carbonyl (C=O) groups excluding carboxylic acids is 1. The van der Waals surface area contributed by atoms with Gasteiger partial charge in [0.1, 0.15) is 0 Å². The summed E-state index contributed by atoms with van der Waals surface area (Å²) in [7, 11) is 0. The number of aliphatic carboxylic acids is 1. The van der Waals surface area contributed by atoms with E-state index in [0.717, 1.165) is 31.6 Å². The molecule has 2 aliphatic carbocycles. The van der Waals surface area contributed by atoms with E-state index in [1.54, 1.807) is 0 Å². The number of amides is 1. The minimum atomic E-state index is -1.03. The molecule has 0 aromatic heterocycles. The van der Waals surface area contributed by atoms with E-state index in [-0.39, 0.29) is 17.9 Å². The zero-order chi connectivity index (χ0) is 16.5. The van der Waals surface area contributed by atoms with E-state index in [0.29, 0.717) is 11.3 Å². The van der Waals surface area contributed by atoms with Crippen LogP contribution < -0.4 is 11.1 Å². The molecule has 0 aromatic rings. The van der Waals surface area contributed by atoms with Gasteiger partial charge in [0.2, 0.25) is 5.91 Å². The van der Waals surface area contributed by atoms with E-state index in [1.807, 2.05) is 0 Å². The summed E-state index contributed by atoms with van der Waals surface area (Å²) in [4.78, 5) is 22.7. The number of rotatable bonds is 7. The van der Waals surface area contributed by atoms with Gasteiger partial charge in [-0.3, -0.25) is 9.59 Å². The van der Waals surface area contributed by atoms with E-state index in [9.17, 15) is 9.59 Å². The highest BCUT2D eigenvalue weighted by Gasteiger charge is 2.47. The first-order valence-corrected chi connectivity index (χ1v) is 8.45. The molecule has 22 heavy (non-hydrogen) atoms. The second-order valence-corrected chi connectivity index (χ2v) is 8.12. The van der Waals surface area contributed by atoms with Gasteiger partial charge in [-0.25, -0.2) is 0 Å². The van der Waals surface area contributed by atoms with Crippen molar-refractivity contribution in [3.8, 4) is 0 Å². The van der Waals surface area contributed by atoms with Crippen molar-refractivity contribution in [2.24, 2.45) is 23.0 Å². The Bertz CT molecular complexity index is 443. The standard InChI is InChI=1S/C17H30N2O3/c1-11-4-6-16(2,3)12(11)5-7-17(8-9-17)19-15(22)13(18)10-14(20)21/h11-13H,4-10,18H2,1-3H3,(H,19,22)(H,20,21)/t11?,12?,13-/m0/s1. The van der Waals surface area contributed by atoms with Crippen molar-refractivity contribution < 1.29 is 14.7 Å². The van der Waals surface area contributed by atoms with Crippen molar-refractivity contribution in [3.05, 3.63) is 0 Å². The molecule has 2 saturated carbocycles. The van der Waals surface area contributed by atoms with Crippen molar-refractivity contribution in [1.82, 2.24) is 5.32 Å². The monoisotopic (exact) mass is 310 g/mol. The lowest BCUT2D eigenvalue weighted by atomic mass is 9.75. The molecule has 2 fully saturated rings. The first-order valence-electron chi connectivity index (χ1n) is 8.45. The highest BCUT2D eigenvalue weighted by atomic mass is 16.4. The summed E-state index contributed by atoms with van der Waals surface area (Å²) in [5.74, 6) is 0.0954. The maximum absolute atomic E-state index is 12.0. The second-order valence-electron chi connectivity index (χ2n) is 8.12. The SMILES string of the molecule is CC1CCC(C)(C)C1CCC1(NC(=O)[C@@H](N)CC(=O)O)CC1. The van der Waals surface area contributed by atoms with Crippen molar-refractivity contribution in [2.45, 2.75) is 77.3 Å². The molecule has 5 heteroatoms. The summed E-state index contributed by atoms with van der Waals surface area (Å²) in [6.07, 6.45) is 6.34. The predicted molar refractivity (Wildman–Crippen MR) is 85.2 cm³/mol. The molecule has 0 aromatic carbocycles. The van der Waals surface area contributed by atoms with Crippen molar-refractivity contribution >= 4 is 11.9 Å². The van der Waals surface area contributed by atoms with Crippen LogP contribution in [0, 0.1) is 17.3 Å². The molecule has 1 amide bonds. The molecule has 0 heterocycles. The van der Waals surface area contributed by atoms with Crippen LogP contribution in [-0.4, -0.2) is 28.6 Å². The van der Waals surface area contributed by atoms with Gasteiger partial charge in [0.15, 0.2) is 0 Å². The van der Waals surface area contributed by atoms with Gasteiger partial charge in [-0.05, 0) is 55.8 Å². The largest absolute Gasteiger partial charge is 0.481 e. The molecule has 126 valence electrons. The van der Waals surface area contributed by atoms with Crippen LogP contribution >= 0.6 is 0 Å². The molecule has 0 saturated heterocycles. The van der Waals surface area contributed by atoms with Crippen LogP contribution in [0.5, 0.6) is 0 Å². The predicted octanol–water partition coefficient (Wildman–Crippen LogP) is 2.29. The molecule has 0 bridgehead atoms. The fraction of sp³-hybridized carbons (Fsp3) is 0.882. The number of hydrogen-bond donors (Lipinski definition) is 3. The van der Waals surface area contributed by atoms with Crippen LogP contribution in [-0.2, 0) is 9.59 Å². The smallest absolute Gasteiger partial charge is 0.305 e. The van der Waals surface area contributed by atoms with E-state index in [4.69, 9.17) is 10.8 Å². The molecule has 0 aliphatic heterocycles. The molecular weight excluding hydrogens is 280 g/mol. The summed E-state index contributed by atoms with van der Waals surface area (Å²) < 4.78 is 0. The summed E-state index contributed by atoms with van der Waals surface area (Å²) >= 11 is 0. The average Bonchev–Trinajstić information content (AvgIpc) is 3.09. The van der Waals surface area contributed by atoms with E-state index in [1.165, 1.54) is 12.8 Å². The number of carboxylic acids is 1. The van der Waals surface area contributed by atoms with Crippen LogP contribution in [0.15, 0.2) is 0 Å². The molecule has 4 N–H and O–H groups in total. The number of nitrogens with one attached hydrogen (secondary N) is 1. The Balaban J connectivity index is 1.85. The molecule has 0 radical (unpaired) electrons. The molecule has 2 rings (SSSR count). The van der Waals surface area contributed by atoms with Crippen LogP contribution in [0.1, 0.15) is 65.7 Å². The number of nitrogens with two attached hydrogens (primary N) is 1. The second kappa shape index (κ2) is 6.19. The van der Waals surface area contributed by atoms with Crippen molar-refractivity contribution in [1.29, 1.82) is 0 Å². The van der Waals surface area contributed by atoms with E-state index in [2.05, 4.69) is 26.1 Å². The Morgan fingerprint density at radius 2 is 1.95 bits per heavy atom. The minimum Gasteiger partial charge on any atom is -0.481 e. The lowest BCUT2D eigenvalue weighted by Gasteiger charge is -2.31. The highest BCUT2D eigenvalue weighted by molar-refractivity contribution is 5.86. The summed E-state index contributed by atoms with van der Waals surface area (Å²) in [5.41, 5.74) is 5.91. The Hall–Kier alpha value is -1.10. The Morgan fingerprint density at radius 1 is 1.32 bits per heavy atom. The lowest BCUT2D eigenvalue weighted by Crippen LogP contribution is -2.47. The van der Waals surface area contributed by atoms with Gasteiger partial charge in [-0.15, -0.1) is 0 Å². The highest BCUT2D eigenvalue weighted by Crippen LogP contribution is 2.51. The van der Waals surface area contributed by atoms with Crippen LogP contribution in [0.3, 0.4) is 0 Å². The molecule has 2 unspecified atom stereocenters. The fourth-order valence-electron chi connectivity index (χ4n) is 4.09. The number of hydrogen-bond acceptors (Lipinski definition) is 3. The maximum atomic E-state index is 12.0. The van der Waals surface area contributed by atoms with Gasteiger partial charge in [0, 0.05) is 5.54 Å². The zero-order valence-electron chi connectivity index (χ0n) is 14.0. The Kier molecular flexibility index (Phi) is 4.85. The Morgan fingerprint density at radius 3 is 2.41 bits per heavy atom. The van der Waals surface area contributed by atoms with Gasteiger partial charge in [0.05, 0.1) is 12.5 Å². The van der Waals surface area contributed by atoms with Crippen LogP contribution in [0.2, 0.25) is 0 Å². The van der Waals surface area contributed by atoms with Crippen LogP contribution in [0.4, 0.5) is 0 Å². The third-order valence-corrected chi connectivity index (χ3v) is 5.84. The molecule has 3 atom stereocenters. The number of carboxylic acid groups (broad SMARTS) is 1. The topological polar surface area (TPSA) is 92.4 Å². The summed E-state index contributed by atoms with van der Waals surface area (Å²) in [6, 6.07) is -0.947. The Labute approximate surface area is 133 Å². The fourth-order valence-corrected chi connectivity index (χ4v) is 4.09. The van der Waals surface area contributed by atoms with Gasteiger partial charge in [0.25, 0.3) is 0 Å². The van der Waals surface area contributed by atoms with Crippen LogP contribution in [0.25, 0.3) is 0 Å². The third kappa shape index (κ3) is 4.00. The van der Waals surface area contributed by atoms with Gasteiger partial charge in [-0.2, -0.15) is 0 Å². The molecular formula is C17H30N2O3. The van der Waals surface area contributed by atoms with E-state index < -0.39 is 12.0 Å². The van der Waals surface area contributed by atoms with Gasteiger partial charge in [-0.1, -0.05) is 20.8 Å². The first-order chi connectivity index (χ1) is 10.2. The van der Waals surface area contributed by atoms with Gasteiger partial charge < -0.3 is 16.2 Å². The quantitative estimate of drug-likeness (QED) is 0.672. The van der Waals surface area contributed by atoms with E-state index >= 15 is 0 Å². The molecule has 0 spiro atoms. The lowest BCUT2D eigenvalue weighted by molar-refractivity contribution is -0.139. The van der Waals surface area contributed by atoms with Gasteiger partial charge >= 0.3 is 5.97 Å². The zero-order valence-corrected chi connectivity index (χ0v) is 14.0. The van der Waals surface area contributed by atoms with Crippen molar-refractivity contribution in [3.63, 3.8) is 0 Å². The molecule has 2 aliphatic rings. The first kappa shape index (κ1) is 17.3. The minimum absolute atomic E-state index is 0.119. The average molecular weight is 310 g/mol. The number of carbonyl (C=O) groups is 2.